The van der Waals surface area contributed by atoms with Gasteiger partial charge >= 0.3 is 0 Å². The van der Waals surface area contributed by atoms with E-state index in [1.54, 1.807) is 19.1 Å². The molecule has 0 radical (unpaired) electrons. The van der Waals surface area contributed by atoms with Crippen LogP contribution in [-0.2, 0) is 10.0 Å². The largest absolute Gasteiger partial charge is 0.396 e. The highest BCUT2D eigenvalue weighted by atomic mass is 32.2. The second kappa shape index (κ2) is 7.06. The summed E-state index contributed by atoms with van der Waals surface area (Å²) in [5.74, 6) is 0. The average Bonchev–Trinajstić information content (AvgIpc) is 2.35. The average molecular weight is 300 g/mol. The Balaban J connectivity index is 2.95. The van der Waals surface area contributed by atoms with E-state index >= 15 is 0 Å². The van der Waals surface area contributed by atoms with Crippen LogP contribution in [0.5, 0.6) is 0 Å². The van der Waals surface area contributed by atoms with Gasteiger partial charge in [0.05, 0.1) is 4.90 Å². The van der Waals surface area contributed by atoms with Gasteiger partial charge in [0.1, 0.15) is 0 Å². The van der Waals surface area contributed by atoms with Crippen molar-refractivity contribution in [3.05, 3.63) is 23.8 Å². The molecule has 0 heterocycles. The Bertz CT molecular complexity index is 541. The minimum absolute atomic E-state index is 0.0708. The zero-order valence-electron chi connectivity index (χ0n) is 12.5. The second-order valence-electron chi connectivity index (χ2n) is 5.23. The van der Waals surface area contributed by atoms with Crippen LogP contribution in [-0.4, -0.2) is 40.3 Å². The van der Waals surface area contributed by atoms with E-state index in [-0.39, 0.29) is 17.5 Å². The first-order valence-electron chi connectivity index (χ1n) is 6.69. The molecule has 2 N–H and O–H groups in total. The highest BCUT2D eigenvalue weighted by Gasteiger charge is 2.18. The highest BCUT2D eigenvalue weighted by molar-refractivity contribution is 7.89. The number of aryl methyl sites for hydroxylation is 1. The minimum Gasteiger partial charge on any atom is -0.396 e. The van der Waals surface area contributed by atoms with Crippen LogP contribution in [0.25, 0.3) is 0 Å². The molecule has 0 saturated heterocycles. The standard InChI is InChI=1S/C14H24N2O3S/c1-11-7-8-13(10-14(11)16(3)4)20(18,19)15-12(2)6-5-9-17/h7-8,10,12,15,17H,5-6,9H2,1-4H3. The zero-order valence-corrected chi connectivity index (χ0v) is 13.4. The number of aliphatic hydroxyl groups is 1. The van der Waals surface area contributed by atoms with Crippen molar-refractivity contribution in [2.45, 2.75) is 37.6 Å². The fourth-order valence-corrected chi connectivity index (χ4v) is 3.33. The molecule has 5 nitrogen and oxygen atoms in total. The number of anilines is 1. The van der Waals surface area contributed by atoms with Gasteiger partial charge in [-0.05, 0) is 44.4 Å². The van der Waals surface area contributed by atoms with Crippen LogP contribution in [0.2, 0.25) is 0 Å². The van der Waals surface area contributed by atoms with E-state index in [0.29, 0.717) is 12.8 Å². The van der Waals surface area contributed by atoms with Crippen LogP contribution in [0, 0.1) is 6.92 Å². The Kier molecular flexibility index (Phi) is 5.98. The van der Waals surface area contributed by atoms with Crippen molar-refractivity contribution in [1.29, 1.82) is 0 Å². The second-order valence-corrected chi connectivity index (χ2v) is 6.94. The number of nitrogens with zero attached hydrogens (tertiary/aromatic N) is 1. The molecular weight excluding hydrogens is 276 g/mol. The maximum Gasteiger partial charge on any atom is 0.240 e. The van der Waals surface area contributed by atoms with E-state index in [4.69, 9.17) is 5.11 Å². The molecule has 0 aromatic heterocycles. The van der Waals surface area contributed by atoms with E-state index < -0.39 is 10.0 Å². The van der Waals surface area contributed by atoms with Gasteiger partial charge in [-0.15, -0.1) is 0 Å². The molecule has 0 aliphatic heterocycles. The van der Waals surface area contributed by atoms with Crippen molar-refractivity contribution < 1.29 is 13.5 Å². The predicted octanol–water partition coefficient (Wildman–Crippen LogP) is 1.50. The van der Waals surface area contributed by atoms with Crippen LogP contribution < -0.4 is 9.62 Å². The summed E-state index contributed by atoms with van der Waals surface area (Å²) in [7, 11) is 0.249. The molecular formula is C14H24N2O3S. The van der Waals surface area contributed by atoms with Crippen molar-refractivity contribution >= 4 is 15.7 Å². The molecule has 1 unspecified atom stereocenters. The van der Waals surface area contributed by atoms with Crippen LogP contribution in [0.4, 0.5) is 5.69 Å². The van der Waals surface area contributed by atoms with Crippen LogP contribution in [0.3, 0.4) is 0 Å². The van der Waals surface area contributed by atoms with Gasteiger partial charge in [-0.2, -0.15) is 0 Å². The number of aliphatic hydroxyl groups excluding tert-OH is 1. The van der Waals surface area contributed by atoms with Crippen molar-refractivity contribution in [2.24, 2.45) is 0 Å². The molecule has 0 saturated carbocycles. The first-order chi connectivity index (χ1) is 9.27. The topological polar surface area (TPSA) is 69.6 Å². The van der Waals surface area contributed by atoms with Crippen LogP contribution in [0.15, 0.2) is 23.1 Å². The van der Waals surface area contributed by atoms with Crippen molar-refractivity contribution in [1.82, 2.24) is 4.72 Å². The summed E-state index contributed by atoms with van der Waals surface area (Å²) in [6.45, 7) is 3.82. The lowest BCUT2D eigenvalue weighted by molar-refractivity contribution is 0.279. The van der Waals surface area contributed by atoms with Crippen molar-refractivity contribution in [3.8, 4) is 0 Å². The van der Waals surface area contributed by atoms with Gasteiger partial charge in [0.15, 0.2) is 0 Å². The van der Waals surface area contributed by atoms with E-state index in [1.807, 2.05) is 32.0 Å². The number of sulfonamides is 1. The predicted molar refractivity (Wildman–Crippen MR) is 81.6 cm³/mol. The maximum atomic E-state index is 12.3. The van der Waals surface area contributed by atoms with Gasteiger partial charge in [-0.25, -0.2) is 13.1 Å². The molecule has 0 amide bonds. The first kappa shape index (κ1) is 16.9. The molecule has 0 aliphatic carbocycles. The summed E-state index contributed by atoms with van der Waals surface area (Å²) in [6, 6.07) is 4.90. The third kappa shape index (κ3) is 4.47. The number of hydrogen-bond acceptors (Lipinski definition) is 4. The van der Waals surface area contributed by atoms with E-state index in [9.17, 15) is 8.42 Å². The summed E-state index contributed by atoms with van der Waals surface area (Å²) >= 11 is 0. The number of benzene rings is 1. The smallest absolute Gasteiger partial charge is 0.240 e. The van der Waals surface area contributed by atoms with E-state index in [2.05, 4.69) is 4.72 Å². The van der Waals surface area contributed by atoms with E-state index in [1.165, 1.54) is 0 Å². The quantitative estimate of drug-likeness (QED) is 0.800. The summed E-state index contributed by atoms with van der Waals surface area (Å²) < 4.78 is 27.2. The molecule has 1 atom stereocenters. The molecule has 20 heavy (non-hydrogen) atoms. The molecule has 6 heteroatoms. The number of nitrogens with one attached hydrogen (secondary N) is 1. The number of rotatable bonds is 7. The lowest BCUT2D eigenvalue weighted by Crippen LogP contribution is -2.32. The fraction of sp³-hybridized carbons (Fsp3) is 0.571. The van der Waals surface area contributed by atoms with Gasteiger partial charge in [-0.3, -0.25) is 0 Å². The summed E-state index contributed by atoms with van der Waals surface area (Å²) in [5, 5.41) is 8.78. The van der Waals surface area contributed by atoms with Gasteiger partial charge in [0, 0.05) is 32.4 Å². The monoisotopic (exact) mass is 300 g/mol. The van der Waals surface area contributed by atoms with Crippen LogP contribution >= 0.6 is 0 Å². The van der Waals surface area contributed by atoms with Crippen molar-refractivity contribution in [3.63, 3.8) is 0 Å². The van der Waals surface area contributed by atoms with Gasteiger partial charge < -0.3 is 10.0 Å². The van der Waals surface area contributed by atoms with Crippen LogP contribution in [0.1, 0.15) is 25.3 Å². The Morgan fingerprint density at radius 1 is 1.35 bits per heavy atom. The number of hydrogen-bond donors (Lipinski definition) is 2. The SMILES string of the molecule is Cc1ccc(S(=O)(=O)NC(C)CCCO)cc1N(C)C. The normalized spacial score (nSPS) is 13.2. The van der Waals surface area contributed by atoms with Gasteiger partial charge in [0.2, 0.25) is 10.0 Å². The summed E-state index contributed by atoms with van der Waals surface area (Å²) in [6.07, 6.45) is 1.20. The Morgan fingerprint density at radius 2 is 2.00 bits per heavy atom. The maximum absolute atomic E-state index is 12.3. The molecule has 1 rings (SSSR count). The molecule has 0 aliphatic rings. The molecule has 1 aromatic rings. The lowest BCUT2D eigenvalue weighted by atomic mass is 10.2. The Hall–Kier alpha value is -1.11. The molecule has 114 valence electrons. The Morgan fingerprint density at radius 3 is 2.55 bits per heavy atom. The van der Waals surface area contributed by atoms with Crippen molar-refractivity contribution in [2.75, 3.05) is 25.6 Å². The molecule has 0 spiro atoms. The summed E-state index contributed by atoms with van der Waals surface area (Å²) in [4.78, 5) is 2.16. The fourth-order valence-electron chi connectivity index (χ4n) is 2.03. The third-order valence-corrected chi connectivity index (χ3v) is 4.71. The summed E-state index contributed by atoms with van der Waals surface area (Å²) in [5.41, 5.74) is 1.91. The van der Waals surface area contributed by atoms with E-state index in [0.717, 1.165) is 11.3 Å². The molecule has 0 bridgehead atoms. The molecule has 0 fully saturated rings. The first-order valence-corrected chi connectivity index (χ1v) is 8.17. The zero-order chi connectivity index (χ0) is 15.3. The lowest BCUT2D eigenvalue weighted by Gasteiger charge is -2.18. The minimum atomic E-state index is -3.52. The molecule has 1 aromatic carbocycles. The third-order valence-electron chi connectivity index (χ3n) is 3.12. The highest BCUT2D eigenvalue weighted by Crippen LogP contribution is 2.22. The van der Waals surface area contributed by atoms with Gasteiger partial charge in [0.25, 0.3) is 0 Å². The Labute approximate surface area is 121 Å². The van der Waals surface area contributed by atoms with Gasteiger partial charge in [-0.1, -0.05) is 6.07 Å².